The molecule has 170 valence electrons. The third-order valence-corrected chi connectivity index (χ3v) is 5.28. The molecule has 2 aromatic carbocycles. The number of non-ortho nitro benzene ring substituents is 1. The highest BCUT2D eigenvalue weighted by Gasteiger charge is 2.36. The Labute approximate surface area is 191 Å². The quantitative estimate of drug-likeness (QED) is 0.194. The number of benzene rings is 2. The lowest BCUT2D eigenvalue weighted by Gasteiger charge is -2.11. The highest BCUT2D eigenvalue weighted by Crippen LogP contribution is 2.34. The summed E-state index contributed by atoms with van der Waals surface area (Å²) < 4.78 is 15.0. The first-order valence-electron chi connectivity index (χ1n) is 9.20. The second-order valence-electron chi connectivity index (χ2n) is 6.45. The van der Waals surface area contributed by atoms with E-state index in [4.69, 9.17) is 9.47 Å². The lowest BCUT2D eigenvalue weighted by atomic mass is 10.1. The highest BCUT2D eigenvalue weighted by molar-refractivity contribution is 8.18. The minimum Gasteiger partial charge on any atom is -0.493 e. The fourth-order valence-electron chi connectivity index (χ4n) is 2.74. The zero-order valence-corrected chi connectivity index (χ0v) is 18.1. The number of nitro groups is 1. The molecule has 1 fully saturated rings. The number of imide groups is 1. The molecule has 1 aliphatic heterocycles. The number of carbonyl (C=O) groups excluding carboxylic acids is 4. The third kappa shape index (κ3) is 5.36. The summed E-state index contributed by atoms with van der Waals surface area (Å²) in [7, 11) is 2.49. The van der Waals surface area contributed by atoms with Crippen LogP contribution in [0.1, 0.15) is 15.9 Å². The number of hydrogen-bond donors (Lipinski definition) is 0. The SMILES string of the molecule is COC(=O)CN1C(=O)S/C(=C\c2ccc(OC(=O)c3cccc([N+](=O)[O-])c3)c(OC)c2)C1=O. The van der Waals surface area contributed by atoms with E-state index in [0.29, 0.717) is 17.3 Å². The largest absolute Gasteiger partial charge is 0.493 e. The summed E-state index contributed by atoms with van der Waals surface area (Å²) in [6.45, 7) is -0.492. The van der Waals surface area contributed by atoms with Gasteiger partial charge in [-0.15, -0.1) is 0 Å². The molecule has 0 bridgehead atoms. The van der Waals surface area contributed by atoms with Crippen LogP contribution in [0.4, 0.5) is 10.5 Å². The maximum Gasteiger partial charge on any atom is 0.343 e. The number of thioether (sulfide) groups is 1. The number of nitrogens with zero attached hydrogens (tertiary/aromatic N) is 2. The Kier molecular flexibility index (Phi) is 7.08. The summed E-state index contributed by atoms with van der Waals surface area (Å²) in [6.07, 6.45) is 1.43. The molecule has 0 spiro atoms. The molecular formula is C21H16N2O9S. The maximum atomic E-state index is 12.4. The zero-order valence-electron chi connectivity index (χ0n) is 17.3. The van der Waals surface area contributed by atoms with Crippen LogP contribution < -0.4 is 9.47 Å². The van der Waals surface area contributed by atoms with Crippen molar-refractivity contribution in [3.05, 3.63) is 68.6 Å². The van der Waals surface area contributed by atoms with Crippen molar-refractivity contribution in [3.63, 3.8) is 0 Å². The van der Waals surface area contributed by atoms with E-state index < -0.39 is 34.6 Å². The van der Waals surface area contributed by atoms with E-state index >= 15 is 0 Å². The molecule has 11 nitrogen and oxygen atoms in total. The fraction of sp³-hybridized carbons (Fsp3) is 0.143. The average molecular weight is 472 g/mol. The molecule has 0 aliphatic carbocycles. The summed E-state index contributed by atoms with van der Waals surface area (Å²) in [5.74, 6) is -2.00. The molecule has 0 N–H and O–H groups in total. The van der Waals surface area contributed by atoms with Crippen molar-refractivity contribution < 1.29 is 38.3 Å². The van der Waals surface area contributed by atoms with Gasteiger partial charge in [0.2, 0.25) is 0 Å². The topological polar surface area (TPSA) is 142 Å². The Balaban J connectivity index is 1.80. The Morgan fingerprint density at radius 1 is 1.12 bits per heavy atom. The summed E-state index contributed by atoms with van der Waals surface area (Å²) in [6, 6.07) is 9.49. The van der Waals surface area contributed by atoms with E-state index in [0.717, 1.165) is 18.1 Å². The predicted octanol–water partition coefficient (Wildman–Crippen LogP) is 3.03. The van der Waals surface area contributed by atoms with Gasteiger partial charge in [-0.1, -0.05) is 12.1 Å². The Morgan fingerprint density at radius 2 is 1.88 bits per heavy atom. The standard InChI is InChI=1S/C21H16N2O9S/c1-30-16-8-12(9-17-19(25)22(21(27)33-17)11-18(24)31-2)6-7-15(16)32-20(26)13-4-3-5-14(10-13)23(28)29/h3-10H,11H2,1-2H3/b17-9-. The fourth-order valence-corrected chi connectivity index (χ4v) is 3.58. The first-order valence-corrected chi connectivity index (χ1v) is 10.0. The van der Waals surface area contributed by atoms with Crippen molar-refractivity contribution in [3.8, 4) is 11.5 Å². The van der Waals surface area contributed by atoms with Crippen molar-refractivity contribution in [2.45, 2.75) is 0 Å². The lowest BCUT2D eigenvalue weighted by Crippen LogP contribution is -2.34. The summed E-state index contributed by atoms with van der Waals surface area (Å²) in [5, 5.41) is 10.3. The van der Waals surface area contributed by atoms with E-state index in [1.807, 2.05) is 0 Å². The van der Waals surface area contributed by atoms with Crippen LogP contribution in [0.15, 0.2) is 47.4 Å². The molecule has 0 radical (unpaired) electrons. The number of amides is 2. The van der Waals surface area contributed by atoms with Gasteiger partial charge in [0.1, 0.15) is 6.54 Å². The maximum absolute atomic E-state index is 12.4. The summed E-state index contributed by atoms with van der Waals surface area (Å²) in [5.41, 5.74) is 0.188. The lowest BCUT2D eigenvalue weighted by molar-refractivity contribution is -0.384. The van der Waals surface area contributed by atoms with Gasteiger partial charge < -0.3 is 14.2 Å². The molecule has 0 unspecified atom stereocenters. The number of hydrogen-bond acceptors (Lipinski definition) is 10. The number of nitro benzene ring substituents is 1. The van der Waals surface area contributed by atoms with E-state index in [1.165, 1.54) is 49.6 Å². The molecule has 1 saturated heterocycles. The monoisotopic (exact) mass is 472 g/mol. The first kappa shape index (κ1) is 23.5. The van der Waals surface area contributed by atoms with Crippen LogP contribution in [0, 0.1) is 10.1 Å². The summed E-state index contributed by atoms with van der Waals surface area (Å²) >= 11 is 0.668. The van der Waals surface area contributed by atoms with Crippen molar-refractivity contribution in [2.24, 2.45) is 0 Å². The van der Waals surface area contributed by atoms with Gasteiger partial charge in [0.05, 0.1) is 29.6 Å². The Bertz CT molecular complexity index is 1190. The van der Waals surface area contributed by atoms with E-state index in [9.17, 15) is 29.3 Å². The highest BCUT2D eigenvalue weighted by atomic mass is 32.2. The summed E-state index contributed by atoms with van der Waals surface area (Å²) in [4.78, 5) is 59.4. The van der Waals surface area contributed by atoms with Crippen molar-refractivity contribution in [1.29, 1.82) is 0 Å². The van der Waals surface area contributed by atoms with Gasteiger partial charge in [0.25, 0.3) is 16.8 Å². The van der Waals surface area contributed by atoms with Gasteiger partial charge in [-0.2, -0.15) is 0 Å². The van der Waals surface area contributed by atoms with Crippen LogP contribution in [0.5, 0.6) is 11.5 Å². The van der Waals surface area contributed by atoms with Gasteiger partial charge in [0, 0.05) is 12.1 Å². The molecule has 1 aliphatic rings. The molecule has 33 heavy (non-hydrogen) atoms. The molecule has 0 saturated carbocycles. The molecule has 2 amide bonds. The molecule has 12 heteroatoms. The van der Waals surface area contributed by atoms with Gasteiger partial charge in [-0.05, 0) is 41.6 Å². The number of methoxy groups -OCH3 is 2. The van der Waals surface area contributed by atoms with Gasteiger partial charge in [0.15, 0.2) is 11.5 Å². The van der Waals surface area contributed by atoms with Crippen LogP contribution in [0.2, 0.25) is 0 Å². The minimum absolute atomic E-state index is 0.0189. The van der Waals surface area contributed by atoms with Gasteiger partial charge in [-0.25, -0.2) is 4.79 Å². The molecule has 1 heterocycles. The number of rotatable bonds is 7. The first-order chi connectivity index (χ1) is 15.7. The van der Waals surface area contributed by atoms with E-state index in [-0.39, 0.29) is 27.7 Å². The van der Waals surface area contributed by atoms with Crippen molar-refractivity contribution >= 4 is 46.6 Å². The number of ether oxygens (including phenoxy) is 3. The van der Waals surface area contributed by atoms with Gasteiger partial charge >= 0.3 is 11.9 Å². The molecule has 2 aromatic rings. The second-order valence-corrected chi connectivity index (χ2v) is 7.44. The smallest absolute Gasteiger partial charge is 0.343 e. The van der Waals surface area contributed by atoms with Gasteiger partial charge in [-0.3, -0.25) is 29.4 Å². The minimum atomic E-state index is -0.825. The van der Waals surface area contributed by atoms with Crippen LogP contribution >= 0.6 is 11.8 Å². The molecular weight excluding hydrogens is 456 g/mol. The number of carbonyl (C=O) groups is 4. The molecule has 0 atom stereocenters. The Morgan fingerprint density at radius 3 is 2.55 bits per heavy atom. The average Bonchev–Trinajstić information content (AvgIpc) is 3.07. The second kappa shape index (κ2) is 9.96. The Hall–Kier alpha value is -4.19. The van der Waals surface area contributed by atoms with E-state index in [1.54, 1.807) is 0 Å². The molecule has 0 aromatic heterocycles. The zero-order chi connectivity index (χ0) is 24.1. The third-order valence-electron chi connectivity index (χ3n) is 4.37. The van der Waals surface area contributed by atoms with Crippen LogP contribution in [0.3, 0.4) is 0 Å². The van der Waals surface area contributed by atoms with Crippen LogP contribution in [-0.2, 0) is 14.3 Å². The number of esters is 2. The van der Waals surface area contributed by atoms with Crippen molar-refractivity contribution in [2.75, 3.05) is 20.8 Å². The normalized spacial score (nSPS) is 14.4. The molecule has 3 rings (SSSR count). The van der Waals surface area contributed by atoms with Crippen molar-refractivity contribution in [1.82, 2.24) is 4.90 Å². The van der Waals surface area contributed by atoms with Crippen LogP contribution in [0.25, 0.3) is 6.08 Å². The predicted molar refractivity (Wildman–Crippen MR) is 116 cm³/mol. The van der Waals surface area contributed by atoms with Crippen LogP contribution in [-0.4, -0.2) is 53.7 Å². The van der Waals surface area contributed by atoms with E-state index in [2.05, 4.69) is 4.74 Å².